The molecule has 0 radical (unpaired) electrons. The number of unbranched alkanes of at least 4 members (excludes halogenated alkanes) is 1. The topological polar surface area (TPSA) is 94.1 Å². The highest BCUT2D eigenvalue weighted by atomic mass is 16.5. The van der Waals surface area contributed by atoms with Crippen LogP contribution in [0.5, 0.6) is 5.75 Å². The largest absolute Gasteiger partial charge is 0.494 e. The second-order valence-corrected chi connectivity index (χ2v) is 6.93. The predicted octanol–water partition coefficient (Wildman–Crippen LogP) is 2.49. The number of hydroxylamine groups is 1. The van der Waals surface area contributed by atoms with Gasteiger partial charge in [0, 0.05) is 19.2 Å². The number of ether oxygens (including phenoxy) is 1. The number of aliphatic hydroxyl groups excluding tert-OH is 1. The van der Waals surface area contributed by atoms with Gasteiger partial charge in [0.2, 0.25) is 0 Å². The Morgan fingerprint density at radius 2 is 1.66 bits per heavy atom. The van der Waals surface area contributed by atoms with Crippen LogP contribution in [0.25, 0.3) is 11.1 Å². The van der Waals surface area contributed by atoms with E-state index in [0.29, 0.717) is 12.2 Å². The summed E-state index contributed by atoms with van der Waals surface area (Å²) in [5.41, 5.74) is 4.79. The molecular formula is C22H31N3O4. The molecule has 0 saturated carbocycles. The van der Waals surface area contributed by atoms with Crippen LogP contribution in [0.2, 0.25) is 0 Å². The van der Waals surface area contributed by atoms with Gasteiger partial charge < -0.3 is 25.3 Å². The van der Waals surface area contributed by atoms with Gasteiger partial charge in [0.05, 0.1) is 12.6 Å². The Morgan fingerprint density at radius 3 is 2.17 bits per heavy atom. The maximum Gasteiger partial charge on any atom is 0.253 e. The maximum absolute atomic E-state index is 12.7. The number of benzene rings is 2. The van der Waals surface area contributed by atoms with Crippen LogP contribution >= 0.6 is 0 Å². The third-order valence-corrected chi connectivity index (χ3v) is 5.00. The van der Waals surface area contributed by atoms with Crippen molar-refractivity contribution < 1.29 is 19.8 Å². The molecule has 1 amide bonds. The van der Waals surface area contributed by atoms with Gasteiger partial charge in [-0.05, 0) is 62.2 Å². The molecule has 0 saturated heterocycles. The van der Waals surface area contributed by atoms with E-state index < -0.39 is 6.17 Å². The fraction of sp³-hybridized carbons (Fsp3) is 0.409. The van der Waals surface area contributed by atoms with Crippen molar-refractivity contribution in [3.8, 4) is 16.9 Å². The van der Waals surface area contributed by atoms with Gasteiger partial charge in [-0.15, -0.1) is 0 Å². The number of hydrogen-bond acceptors (Lipinski definition) is 6. The summed E-state index contributed by atoms with van der Waals surface area (Å²) in [6.07, 6.45) is 1.14. The smallest absolute Gasteiger partial charge is 0.253 e. The van der Waals surface area contributed by atoms with Crippen molar-refractivity contribution in [2.24, 2.45) is 0 Å². The van der Waals surface area contributed by atoms with Crippen LogP contribution in [-0.2, 0) is 0 Å². The molecule has 0 aliphatic rings. The van der Waals surface area contributed by atoms with E-state index in [1.54, 1.807) is 31.1 Å². The van der Waals surface area contributed by atoms with E-state index >= 15 is 0 Å². The van der Waals surface area contributed by atoms with Crippen LogP contribution in [0, 0.1) is 0 Å². The van der Waals surface area contributed by atoms with Gasteiger partial charge in [-0.1, -0.05) is 24.3 Å². The third-order valence-electron chi connectivity index (χ3n) is 5.00. The Bertz CT molecular complexity index is 746. The number of nitrogens with zero attached hydrogens (tertiary/aromatic N) is 1. The van der Waals surface area contributed by atoms with Gasteiger partial charge >= 0.3 is 0 Å². The van der Waals surface area contributed by atoms with Crippen LogP contribution in [0.1, 0.15) is 30.1 Å². The van der Waals surface area contributed by atoms with E-state index in [1.807, 2.05) is 43.3 Å². The van der Waals surface area contributed by atoms with Gasteiger partial charge in [0.25, 0.3) is 5.91 Å². The molecule has 0 aliphatic heterocycles. The summed E-state index contributed by atoms with van der Waals surface area (Å²) in [6, 6.07) is 15.0. The molecule has 2 aromatic carbocycles. The minimum absolute atomic E-state index is 0.119. The molecule has 0 spiro atoms. The van der Waals surface area contributed by atoms with Crippen molar-refractivity contribution >= 4 is 5.91 Å². The summed E-state index contributed by atoms with van der Waals surface area (Å²) in [5.74, 6) is 0.678. The zero-order valence-electron chi connectivity index (χ0n) is 17.3. The summed E-state index contributed by atoms with van der Waals surface area (Å²) in [5, 5.41) is 20.9. The lowest BCUT2D eigenvalue weighted by atomic mass is 10.0. The molecule has 0 bridgehead atoms. The molecule has 29 heavy (non-hydrogen) atoms. The Balaban J connectivity index is 2.01. The molecule has 7 nitrogen and oxygen atoms in total. The average molecular weight is 402 g/mol. The SMILES string of the molecule is CNC(NO)C(C)N(C)C(=O)c1ccc(-c2ccc(OCCCCO)cc2)cc1. The first-order chi connectivity index (χ1) is 14.0. The molecule has 158 valence electrons. The van der Waals surface area contributed by atoms with Gasteiger partial charge in [-0.2, -0.15) is 5.48 Å². The number of carbonyl (C=O) groups excluding carboxylic acids is 1. The summed E-state index contributed by atoms with van der Waals surface area (Å²) in [7, 11) is 3.42. The number of aliphatic hydroxyl groups is 1. The minimum Gasteiger partial charge on any atom is -0.494 e. The van der Waals surface area contributed by atoms with Gasteiger partial charge in [-0.25, -0.2) is 0 Å². The molecule has 0 aliphatic carbocycles. The first-order valence-corrected chi connectivity index (χ1v) is 9.80. The highest BCUT2D eigenvalue weighted by Crippen LogP contribution is 2.23. The van der Waals surface area contributed by atoms with Crippen LogP contribution < -0.4 is 15.5 Å². The Hall–Kier alpha value is -2.45. The molecule has 2 rings (SSSR count). The van der Waals surface area contributed by atoms with Crippen LogP contribution in [0.3, 0.4) is 0 Å². The maximum atomic E-state index is 12.7. The van der Waals surface area contributed by atoms with Crippen LogP contribution in [0.4, 0.5) is 0 Å². The van der Waals surface area contributed by atoms with Crippen molar-refractivity contribution in [1.82, 2.24) is 15.7 Å². The Labute approximate surface area is 172 Å². The van der Waals surface area contributed by atoms with Gasteiger partial charge in [-0.3, -0.25) is 4.79 Å². The number of hydrogen-bond donors (Lipinski definition) is 4. The third kappa shape index (κ3) is 6.27. The highest BCUT2D eigenvalue weighted by Gasteiger charge is 2.23. The number of carbonyl (C=O) groups is 1. The molecular weight excluding hydrogens is 370 g/mol. The van der Waals surface area contributed by atoms with Crippen molar-refractivity contribution in [1.29, 1.82) is 0 Å². The van der Waals surface area contributed by atoms with Crippen molar-refractivity contribution in [2.45, 2.75) is 32.0 Å². The first-order valence-electron chi connectivity index (χ1n) is 9.80. The van der Waals surface area contributed by atoms with Crippen molar-refractivity contribution in [2.75, 3.05) is 27.3 Å². The summed E-state index contributed by atoms with van der Waals surface area (Å²) in [6.45, 7) is 2.62. The molecule has 2 unspecified atom stereocenters. The number of rotatable bonds is 11. The molecule has 2 aromatic rings. The lowest BCUT2D eigenvalue weighted by molar-refractivity contribution is 0.0493. The molecule has 0 aromatic heterocycles. The minimum atomic E-state index is -0.424. The summed E-state index contributed by atoms with van der Waals surface area (Å²) in [4.78, 5) is 14.3. The average Bonchev–Trinajstić information content (AvgIpc) is 2.77. The predicted molar refractivity (Wildman–Crippen MR) is 113 cm³/mol. The molecule has 4 N–H and O–H groups in total. The van der Waals surface area contributed by atoms with E-state index in [0.717, 1.165) is 29.7 Å². The van der Waals surface area contributed by atoms with E-state index in [-0.39, 0.29) is 18.6 Å². The van der Waals surface area contributed by atoms with Gasteiger partial charge in [0.15, 0.2) is 0 Å². The zero-order valence-corrected chi connectivity index (χ0v) is 17.3. The Kier molecular flexibility index (Phi) is 9.08. The van der Waals surface area contributed by atoms with Crippen LogP contribution in [0.15, 0.2) is 48.5 Å². The van der Waals surface area contributed by atoms with E-state index in [1.165, 1.54) is 0 Å². The summed E-state index contributed by atoms with van der Waals surface area (Å²) < 4.78 is 5.65. The zero-order chi connectivity index (χ0) is 21.2. The monoisotopic (exact) mass is 401 g/mol. The first kappa shape index (κ1) is 22.8. The highest BCUT2D eigenvalue weighted by molar-refractivity contribution is 5.94. The fourth-order valence-corrected chi connectivity index (χ4v) is 2.98. The Morgan fingerprint density at radius 1 is 1.07 bits per heavy atom. The number of nitrogens with one attached hydrogen (secondary N) is 2. The standard InChI is InChI=1S/C22H31N3O4/c1-16(21(23-2)24-28)25(3)22(27)19-8-6-17(7-9-19)18-10-12-20(13-11-18)29-15-5-4-14-26/h6-13,16,21,23-24,26,28H,4-5,14-15H2,1-3H3. The molecule has 0 heterocycles. The van der Waals surface area contributed by atoms with Crippen LogP contribution in [-0.4, -0.2) is 60.6 Å². The lowest BCUT2D eigenvalue weighted by Crippen LogP contribution is -2.54. The van der Waals surface area contributed by atoms with E-state index in [2.05, 4.69) is 10.8 Å². The van der Waals surface area contributed by atoms with Crippen molar-refractivity contribution in [3.05, 3.63) is 54.1 Å². The fourth-order valence-electron chi connectivity index (χ4n) is 2.98. The normalized spacial score (nSPS) is 13.0. The number of likely N-dealkylation sites (N-methyl/N-ethyl adjacent to an activating group) is 2. The second-order valence-electron chi connectivity index (χ2n) is 6.93. The molecule has 0 fully saturated rings. The van der Waals surface area contributed by atoms with Gasteiger partial charge in [0.1, 0.15) is 11.9 Å². The van der Waals surface area contributed by atoms with E-state index in [4.69, 9.17) is 9.84 Å². The number of amides is 1. The quantitative estimate of drug-likeness (QED) is 0.263. The molecule has 7 heteroatoms. The second kappa shape index (κ2) is 11.5. The lowest BCUT2D eigenvalue weighted by Gasteiger charge is -2.31. The van der Waals surface area contributed by atoms with Crippen molar-refractivity contribution in [3.63, 3.8) is 0 Å². The molecule has 2 atom stereocenters. The summed E-state index contributed by atoms with van der Waals surface area (Å²) >= 11 is 0. The van der Waals surface area contributed by atoms with E-state index in [9.17, 15) is 10.0 Å².